The maximum atomic E-state index is 12.1. The van der Waals surface area contributed by atoms with E-state index in [1.807, 2.05) is 32.9 Å². The number of phenols is 1. The van der Waals surface area contributed by atoms with Crippen LogP contribution >= 0.6 is 0 Å². The normalized spacial score (nSPS) is 14.9. The molecule has 86 valence electrons. The number of para-hydroxylation sites is 1. The topological polar surface area (TPSA) is 37.3 Å². The Morgan fingerprint density at radius 2 is 1.94 bits per heavy atom. The summed E-state index contributed by atoms with van der Waals surface area (Å²) in [5.74, 6) is 0.109. The van der Waals surface area contributed by atoms with Crippen LogP contribution in [0.2, 0.25) is 0 Å². The molecule has 16 heavy (non-hydrogen) atoms. The highest BCUT2D eigenvalue weighted by atomic mass is 16.3. The third kappa shape index (κ3) is 2.72. The first-order chi connectivity index (χ1) is 7.57. The quantitative estimate of drug-likeness (QED) is 0.621. The molecule has 0 saturated heterocycles. The lowest BCUT2D eigenvalue weighted by Crippen LogP contribution is -2.17. The fraction of sp³-hybridized carbons (Fsp3) is 0.357. The van der Waals surface area contributed by atoms with Gasteiger partial charge in [-0.1, -0.05) is 38.1 Å². The van der Waals surface area contributed by atoms with Gasteiger partial charge in [-0.05, 0) is 25.0 Å². The Labute approximate surface area is 96.6 Å². The molecule has 2 heteroatoms. The predicted molar refractivity (Wildman–Crippen MR) is 65.6 cm³/mol. The summed E-state index contributed by atoms with van der Waals surface area (Å²) in [6, 6.07) is 6.68. The Morgan fingerprint density at radius 3 is 2.50 bits per heavy atom. The van der Waals surface area contributed by atoms with Crippen LogP contribution in [0.4, 0.5) is 0 Å². The lowest BCUT2D eigenvalue weighted by atomic mass is 9.88. The number of hydrogen-bond acceptors (Lipinski definition) is 2. The van der Waals surface area contributed by atoms with Gasteiger partial charge in [-0.15, -0.1) is 0 Å². The van der Waals surface area contributed by atoms with E-state index < -0.39 is 0 Å². The van der Waals surface area contributed by atoms with E-state index in [0.717, 1.165) is 0 Å². The summed E-state index contributed by atoms with van der Waals surface area (Å²) < 4.78 is 0. The molecule has 0 saturated carbocycles. The fourth-order valence-electron chi connectivity index (χ4n) is 1.64. The Kier molecular flexibility index (Phi) is 4.29. The molecule has 0 fully saturated rings. The molecular weight excluding hydrogens is 200 g/mol. The van der Waals surface area contributed by atoms with Crippen LogP contribution in [-0.2, 0) is 0 Å². The summed E-state index contributed by atoms with van der Waals surface area (Å²) in [6.45, 7) is 5.83. The summed E-state index contributed by atoms with van der Waals surface area (Å²) in [6.07, 6.45) is 3.95. The van der Waals surface area contributed by atoms with Crippen molar-refractivity contribution in [2.45, 2.75) is 20.8 Å². The molecule has 0 amide bonds. The van der Waals surface area contributed by atoms with Gasteiger partial charge in [-0.25, -0.2) is 0 Å². The molecule has 0 heterocycles. The van der Waals surface area contributed by atoms with Gasteiger partial charge >= 0.3 is 0 Å². The number of ketones is 1. The lowest BCUT2D eigenvalue weighted by molar-refractivity contribution is 0.0905. The summed E-state index contributed by atoms with van der Waals surface area (Å²) in [5.41, 5.74) is 0.409. The SMILES string of the molecule is C/C=C/C(C)C(C)C(=O)c1ccccc1O. The fourth-order valence-corrected chi connectivity index (χ4v) is 1.64. The van der Waals surface area contributed by atoms with E-state index in [2.05, 4.69) is 0 Å². The average Bonchev–Trinajstić information content (AvgIpc) is 2.28. The summed E-state index contributed by atoms with van der Waals surface area (Å²) >= 11 is 0. The van der Waals surface area contributed by atoms with Gasteiger partial charge in [0.15, 0.2) is 5.78 Å². The second kappa shape index (κ2) is 5.50. The van der Waals surface area contributed by atoms with Gasteiger partial charge in [0.1, 0.15) is 5.75 Å². The molecule has 2 atom stereocenters. The minimum Gasteiger partial charge on any atom is -0.507 e. The highest BCUT2D eigenvalue weighted by Crippen LogP contribution is 2.23. The standard InChI is InChI=1S/C14H18O2/c1-4-7-10(2)11(3)14(16)12-8-5-6-9-13(12)15/h4-11,15H,1-3H3/b7-4+. The smallest absolute Gasteiger partial charge is 0.169 e. The predicted octanol–water partition coefficient (Wildman–Crippen LogP) is 3.42. The summed E-state index contributed by atoms with van der Waals surface area (Å²) in [7, 11) is 0. The first kappa shape index (κ1) is 12.5. The monoisotopic (exact) mass is 218 g/mol. The van der Waals surface area contributed by atoms with Gasteiger partial charge < -0.3 is 5.11 Å². The van der Waals surface area contributed by atoms with Crippen molar-refractivity contribution in [1.29, 1.82) is 0 Å². The number of allylic oxidation sites excluding steroid dienone is 2. The molecule has 0 aliphatic rings. The third-order valence-electron chi connectivity index (χ3n) is 2.87. The number of carbonyl (C=O) groups excluding carboxylic acids is 1. The summed E-state index contributed by atoms with van der Waals surface area (Å²) in [4.78, 5) is 12.1. The molecule has 2 unspecified atom stereocenters. The Morgan fingerprint density at radius 1 is 1.31 bits per heavy atom. The van der Waals surface area contributed by atoms with Crippen molar-refractivity contribution < 1.29 is 9.90 Å². The van der Waals surface area contributed by atoms with E-state index in [4.69, 9.17) is 0 Å². The van der Waals surface area contributed by atoms with Crippen LogP contribution < -0.4 is 0 Å². The summed E-state index contributed by atoms with van der Waals surface area (Å²) in [5, 5.41) is 9.60. The lowest BCUT2D eigenvalue weighted by Gasteiger charge is -2.15. The van der Waals surface area contributed by atoms with Crippen LogP contribution in [0.15, 0.2) is 36.4 Å². The van der Waals surface area contributed by atoms with Crippen LogP contribution in [0.5, 0.6) is 5.75 Å². The van der Waals surface area contributed by atoms with Gasteiger partial charge in [0.2, 0.25) is 0 Å². The number of phenolic OH excluding ortho intramolecular Hbond substituents is 1. The van der Waals surface area contributed by atoms with Crippen molar-refractivity contribution in [3.8, 4) is 5.75 Å². The minimum atomic E-state index is -0.121. The second-order valence-electron chi connectivity index (χ2n) is 4.05. The number of aromatic hydroxyl groups is 1. The van der Waals surface area contributed by atoms with Gasteiger partial charge in [-0.2, -0.15) is 0 Å². The van der Waals surface area contributed by atoms with Crippen LogP contribution in [-0.4, -0.2) is 10.9 Å². The first-order valence-electron chi connectivity index (χ1n) is 5.53. The Hall–Kier alpha value is -1.57. The maximum absolute atomic E-state index is 12.1. The second-order valence-corrected chi connectivity index (χ2v) is 4.05. The molecule has 1 rings (SSSR count). The molecule has 1 aromatic carbocycles. The zero-order chi connectivity index (χ0) is 12.1. The van der Waals surface area contributed by atoms with Crippen LogP contribution in [0.3, 0.4) is 0 Å². The van der Waals surface area contributed by atoms with Crippen molar-refractivity contribution in [3.63, 3.8) is 0 Å². The number of hydrogen-bond donors (Lipinski definition) is 1. The largest absolute Gasteiger partial charge is 0.507 e. The van der Waals surface area contributed by atoms with Crippen molar-refractivity contribution in [2.24, 2.45) is 11.8 Å². The molecule has 1 N–H and O–H groups in total. The number of benzene rings is 1. The molecule has 2 nitrogen and oxygen atoms in total. The van der Waals surface area contributed by atoms with Crippen LogP contribution in [0.1, 0.15) is 31.1 Å². The molecule has 0 aliphatic heterocycles. The Bertz CT molecular complexity index is 393. The van der Waals surface area contributed by atoms with E-state index >= 15 is 0 Å². The van der Waals surface area contributed by atoms with E-state index in [1.165, 1.54) is 0 Å². The van der Waals surface area contributed by atoms with Gasteiger partial charge in [0, 0.05) is 5.92 Å². The zero-order valence-electron chi connectivity index (χ0n) is 9.97. The molecule has 0 aromatic heterocycles. The van der Waals surface area contributed by atoms with Crippen molar-refractivity contribution >= 4 is 5.78 Å². The van der Waals surface area contributed by atoms with Crippen molar-refractivity contribution in [1.82, 2.24) is 0 Å². The third-order valence-corrected chi connectivity index (χ3v) is 2.87. The molecule has 1 aromatic rings. The van der Waals surface area contributed by atoms with E-state index in [0.29, 0.717) is 5.56 Å². The molecule has 0 aliphatic carbocycles. The van der Waals surface area contributed by atoms with Crippen LogP contribution in [0, 0.1) is 11.8 Å². The van der Waals surface area contributed by atoms with Gasteiger partial charge in [0.25, 0.3) is 0 Å². The van der Waals surface area contributed by atoms with E-state index in [1.54, 1.807) is 24.3 Å². The zero-order valence-corrected chi connectivity index (χ0v) is 9.97. The van der Waals surface area contributed by atoms with Crippen molar-refractivity contribution in [3.05, 3.63) is 42.0 Å². The molecular formula is C14H18O2. The highest BCUT2D eigenvalue weighted by molar-refractivity contribution is 6.00. The Balaban J connectivity index is 2.90. The number of rotatable bonds is 4. The molecule has 0 radical (unpaired) electrons. The minimum absolute atomic E-state index is 0.0105. The first-order valence-corrected chi connectivity index (χ1v) is 5.53. The van der Waals surface area contributed by atoms with E-state index in [-0.39, 0.29) is 23.4 Å². The van der Waals surface area contributed by atoms with Gasteiger partial charge in [-0.3, -0.25) is 4.79 Å². The number of Topliss-reactive ketones (excluding diaryl/α,β-unsaturated/α-hetero) is 1. The maximum Gasteiger partial charge on any atom is 0.169 e. The highest BCUT2D eigenvalue weighted by Gasteiger charge is 2.21. The van der Waals surface area contributed by atoms with Crippen molar-refractivity contribution in [2.75, 3.05) is 0 Å². The molecule has 0 bridgehead atoms. The van der Waals surface area contributed by atoms with E-state index in [9.17, 15) is 9.90 Å². The number of carbonyl (C=O) groups is 1. The average molecular weight is 218 g/mol. The van der Waals surface area contributed by atoms with Gasteiger partial charge in [0.05, 0.1) is 5.56 Å². The van der Waals surface area contributed by atoms with Crippen LogP contribution in [0.25, 0.3) is 0 Å². The molecule has 0 spiro atoms.